The molecule has 0 amide bonds. The second kappa shape index (κ2) is 4.72. The van der Waals surface area contributed by atoms with Crippen LogP contribution in [0, 0.1) is 5.82 Å². The molecular weight excluding hydrogens is 281 g/mol. The first kappa shape index (κ1) is 10.6. The van der Waals surface area contributed by atoms with E-state index in [0.29, 0.717) is 16.8 Å². The smallest absolute Gasteiger partial charge is 0.141 e. The number of ether oxygens (including phenoxy) is 1. The predicted molar refractivity (Wildman–Crippen MR) is 60.5 cm³/mol. The first-order chi connectivity index (χ1) is 7.25. The topological polar surface area (TPSA) is 22.1 Å². The van der Waals surface area contributed by atoms with Crippen molar-refractivity contribution < 1.29 is 9.13 Å². The van der Waals surface area contributed by atoms with Crippen molar-refractivity contribution >= 4 is 27.3 Å². The molecule has 0 saturated carbocycles. The van der Waals surface area contributed by atoms with Crippen LogP contribution < -0.4 is 4.74 Å². The van der Waals surface area contributed by atoms with Gasteiger partial charge in [0.2, 0.25) is 0 Å². The SMILES string of the molecule is Fc1cc(OCc2cscn2)ccc1Br. The molecule has 0 aliphatic carbocycles. The number of aromatic nitrogens is 1. The van der Waals surface area contributed by atoms with E-state index >= 15 is 0 Å². The number of benzene rings is 1. The van der Waals surface area contributed by atoms with E-state index in [1.807, 2.05) is 5.38 Å². The van der Waals surface area contributed by atoms with Crippen molar-refractivity contribution in [1.29, 1.82) is 0 Å². The minimum absolute atomic E-state index is 0.328. The van der Waals surface area contributed by atoms with Gasteiger partial charge in [-0.2, -0.15) is 0 Å². The zero-order chi connectivity index (χ0) is 10.7. The summed E-state index contributed by atoms with van der Waals surface area (Å²) in [6.07, 6.45) is 0. The Kier molecular flexibility index (Phi) is 3.33. The molecule has 1 aromatic carbocycles. The van der Waals surface area contributed by atoms with Crippen LogP contribution in [0.1, 0.15) is 5.69 Å². The quantitative estimate of drug-likeness (QED) is 0.860. The Morgan fingerprint density at radius 3 is 3.00 bits per heavy atom. The third-order valence-electron chi connectivity index (χ3n) is 1.76. The maximum Gasteiger partial charge on any atom is 0.141 e. The molecule has 0 aliphatic rings. The van der Waals surface area contributed by atoms with Gasteiger partial charge in [-0.1, -0.05) is 0 Å². The molecule has 0 fully saturated rings. The molecule has 1 heterocycles. The van der Waals surface area contributed by atoms with Gasteiger partial charge in [-0.25, -0.2) is 9.37 Å². The summed E-state index contributed by atoms with van der Waals surface area (Å²) in [5.74, 6) is 0.175. The Labute approximate surface area is 98.9 Å². The Morgan fingerprint density at radius 2 is 2.33 bits per heavy atom. The monoisotopic (exact) mass is 287 g/mol. The molecule has 15 heavy (non-hydrogen) atoms. The summed E-state index contributed by atoms with van der Waals surface area (Å²) in [6.45, 7) is 0.366. The molecule has 0 unspecified atom stereocenters. The number of halogens is 2. The number of rotatable bonds is 3. The molecule has 0 N–H and O–H groups in total. The Bertz CT molecular complexity index is 447. The van der Waals surface area contributed by atoms with Gasteiger partial charge in [0.1, 0.15) is 18.2 Å². The van der Waals surface area contributed by atoms with Gasteiger partial charge in [-0.15, -0.1) is 11.3 Å². The molecule has 2 rings (SSSR count). The third kappa shape index (κ3) is 2.76. The number of nitrogens with zero attached hydrogens (tertiary/aromatic N) is 1. The van der Waals surface area contributed by atoms with Crippen molar-refractivity contribution in [3.63, 3.8) is 0 Å². The summed E-state index contributed by atoms with van der Waals surface area (Å²) in [4.78, 5) is 4.06. The highest BCUT2D eigenvalue weighted by molar-refractivity contribution is 9.10. The third-order valence-corrected chi connectivity index (χ3v) is 3.04. The van der Waals surface area contributed by atoms with Gasteiger partial charge in [0.05, 0.1) is 15.7 Å². The molecule has 0 bridgehead atoms. The molecule has 1 aromatic heterocycles. The van der Waals surface area contributed by atoms with Crippen molar-refractivity contribution in [2.45, 2.75) is 6.61 Å². The second-order valence-electron chi connectivity index (χ2n) is 2.84. The lowest BCUT2D eigenvalue weighted by atomic mass is 10.3. The van der Waals surface area contributed by atoms with Crippen LogP contribution in [0.4, 0.5) is 4.39 Å². The second-order valence-corrected chi connectivity index (χ2v) is 4.42. The summed E-state index contributed by atoms with van der Waals surface area (Å²) in [6, 6.07) is 4.67. The van der Waals surface area contributed by atoms with E-state index in [0.717, 1.165) is 5.69 Å². The molecule has 0 aliphatic heterocycles. The highest BCUT2D eigenvalue weighted by Crippen LogP contribution is 2.21. The van der Waals surface area contributed by atoms with Gasteiger partial charge < -0.3 is 4.74 Å². The molecule has 0 saturated heterocycles. The fraction of sp³-hybridized carbons (Fsp3) is 0.100. The van der Waals surface area contributed by atoms with E-state index in [4.69, 9.17) is 4.74 Å². The zero-order valence-corrected chi connectivity index (χ0v) is 10.0. The fourth-order valence-electron chi connectivity index (χ4n) is 1.03. The predicted octanol–water partition coefficient (Wildman–Crippen LogP) is 3.62. The molecular formula is C10H7BrFNOS. The van der Waals surface area contributed by atoms with Gasteiger partial charge in [-0.3, -0.25) is 0 Å². The van der Waals surface area contributed by atoms with Crippen LogP contribution in [0.2, 0.25) is 0 Å². The lowest BCUT2D eigenvalue weighted by Crippen LogP contribution is -1.95. The van der Waals surface area contributed by atoms with E-state index in [2.05, 4.69) is 20.9 Å². The first-order valence-electron chi connectivity index (χ1n) is 4.20. The molecule has 0 atom stereocenters. The Balaban J connectivity index is 2.02. The molecule has 0 spiro atoms. The van der Waals surface area contributed by atoms with Crippen molar-refractivity contribution in [1.82, 2.24) is 4.98 Å². The average molecular weight is 288 g/mol. The van der Waals surface area contributed by atoms with Crippen LogP contribution in [0.3, 0.4) is 0 Å². The average Bonchev–Trinajstić information content (AvgIpc) is 2.73. The van der Waals surface area contributed by atoms with Gasteiger partial charge in [0.15, 0.2) is 0 Å². The largest absolute Gasteiger partial charge is 0.487 e. The summed E-state index contributed by atoms with van der Waals surface area (Å²) in [5, 5.41) is 1.90. The minimum atomic E-state index is -0.328. The van der Waals surface area contributed by atoms with Gasteiger partial charge in [0, 0.05) is 11.4 Å². The van der Waals surface area contributed by atoms with Gasteiger partial charge in [-0.05, 0) is 28.1 Å². The maximum absolute atomic E-state index is 13.1. The van der Waals surface area contributed by atoms with Gasteiger partial charge in [0.25, 0.3) is 0 Å². The Morgan fingerprint density at radius 1 is 1.47 bits per heavy atom. The Hall–Kier alpha value is -0.940. The highest BCUT2D eigenvalue weighted by atomic mass is 79.9. The van der Waals surface area contributed by atoms with Crippen molar-refractivity contribution in [2.24, 2.45) is 0 Å². The molecule has 5 heteroatoms. The van der Waals surface area contributed by atoms with Crippen LogP contribution >= 0.6 is 27.3 Å². The summed E-state index contributed by atoms with van der Waals surface area (Å²) < 4.78 is 18.9. The maximum atomic E-state index is 13.1. The van der Waals surface area contributed by atoms with E-state index in [-0.39, 0.29) is 5.82 Å². The molecule has 0 radical (unpaired) electrons. The van der Waals surface area contributed by atoms with Gasteiger partial charge >= 0.3 is 0 Å². The first-order valence-corrected chi connectivity index (χ1v) is 5.94. The lowest BCUT2D eigenvalue weighted by molar-refractivity contribution is 0.300. The van der Waals surface area contributed by atoms with Crippen LogP contribution in [-0.4, -0.2) is 4.98 Å². The van der Waals surface area contributed by atoms with Crippen LogP contribution in [-0.2, 0) is 6.61 Å². The summed E-state index contributed by atoms with van der Waals surface area (Å²) >= 11 is 4.59. The highest BCUT2D eigenvalue weighted by Gasteiger charge is 2.02. The van der Waals surface area contributed by atoms with Crippen molar-refractivity contribution in [3.8, 4) is 5.75 Å². The lowest BCUT2D eigenvalue weighted by Gasteiger charge is -2.04. The van der Waals surface area contributed by atoms with Crippen molar-refractivity contribution in [3.05, 3.63) is 45.1 Å². The summed E-state index contributed by atoms with van der Waals surface area (Å²) in [5.41, 5.74) is 2.59. The van der Waals surface area contributed by atoms with Crippen LogP contribution in [0.15, 0.2) is 33.6 Å². The summed E-state index contributed by atoms with van der Waals surface area (Å²) in [7, 11) is 0. The zero-order valence-electron chi connectivity index (χ0n) is 7.61. The molecule has 78 valence electrons. The number of thiazole rings is 1. The van der Waals surface area contributed by atoms with Crippen LogP contribution in [0.5, 0.6) is 5.75 Å². The molecule has 2 nitrogen and oxygen atoms in total. The van der Waals surface area contributed by atoms with E-state index in [1.54, 1.807) is 17.6 Å². The van der Waals surface area contributed by atoms with Crippen molar-refractivity contribution in [2.75, 3.05) is 0 Å². The number of hydrogen-bond acceptors (Lipinski definition) is 3. The van der Waals surface area contributed by atoms with E-state index in [9.17, 15) is 4.39 Å². The van der Waals surface area contributed by atoms with Crippen LogP contribution in [0.25, 0.3) is 0 Å². The fourth-order valence-corrected chi connectivity index (χ4v) is 1.82. The van der Waals surface area contributed by atoms with E-state index < -0.39 is 0 Å². The minimum Gasteiger partial charge on any atom is -0.487 e. The van der Waals surface area contributed by atoms with E-state index in [1.165, 1.54) is 17.4 Å². The standard InChI is InChI=1S/C10H7BrFNOS/c11-9-2-1-8(3-10(9)12)14-4-7-5-15-6-13-7/h1-3,5-6H,4H2. The normalized spacial score (nSPS) is 10.3. The number of hydrogen-bond donors (Lipinski definition) is 0. The molecule has 2 aromatic rings.